The maximum atomic E-state index is 13.1. The summed E-state index contributed by atoms with van der Waals surface area (Å²) in [6.07, 6.45) is 0. The molecule has 0 atom stereocenters. The molecule has 0 amide bonds. The number of carbonyl (C=O) groups excluding carboxylic acids is 2. The third-order valence-corrected chi connectivity index (χ3v) is 5.76. The van der Waals surface area contributed by atoms with Crippen LogP contribution in [0.15, 0.2) is 0 Å². The Morgan fingerprint density at radius 1 is 0.316 bits per heavy atom. The topological polar surface area (TPSA) is 417 Å². The van der Waals surface area contributed by atoms with Gasteiger partial charge in [0.1, 0.15) is 22.5 Å². The number of ether oxygens (including phenoxy) is 2. The molecule has 202 valence electrons. The first kappa shape index (κ1) is 26.4. The van der Waals surface area contributed by atoms with Crippen LogP contribution in [-0.2, 0) is 0 Å². The molecule has 0 saturated carbocycles. The van der Waals surface area contributed by atoms with Gasteiger partial charge >= 0.3 is 11.9 Å². The quantitative estimate of drug-likeness (QED) is 0.101. The molecule has 38 heavy (non-hydrogen) atoms. The average Bonchev–Trinajstić information content (AvgIpc) is 2.88. The van der Waals surface area contributed by atoms with Gasteiger partial charge in [-0.25, -0.2) is 9.59 Å². The number of carbonyl (C=O) groups is 2. The SMILES string of the molecule is Nc1c(N)c(N)c(C(=O)Oc2c(N)c(N)c(N)c(N)c2OC(=O)c2c(N)c(N)c(N)c(N)c2N)c(N)c1N. The first-order chi connectivity index (χ1) is 17.5. The molecule has 0 aliphatic rings. The summed E-state index contributed by atoms with van der Waals surface area (Å²) in [6.45, 7) is 0. The predicted octanol–water partition coefficient (Wildman–Crippen LogP) is -1.72. The zero-order valence-corrected chi connectivity index (χ0v) is 19.7. The minimum Gasteiger partial charge on any atom is -0.416 e. The summed E-state index contributed by atoms with van der Waals surface area (Å²) in [7, 11) is 0. The molecule has 0 bridgehead atoms. The van der Waals surface area contributed by atoms with Gasteiger partial charge in [0.15, 0.2) is 0 Å². The summed E-state index contributed by atoms with van der Waals surface area (Å²) in [4.78, 5) is 26.3. The monoisotopic (exact) mass is 528 g/mol. The van der Waals surface area contributed by atoms with E-state index in [0.29, 0.717) is 0 Å². The number of hydrogen-bond donors (Lipinski definition) is 14. The summed E-state index contributed by atoms with van der Waals surface area (Å²) in [5.74, 6) is -3.78. The molecule has 3 aromatic rings. The first-order valence-electron chi connectivity index (χ1n) is 10.3. The van der Waals surface area contributed by atoms with Crippen molar-refractivity contribution in [1.82, 2.24) is 0 Å². The van der Waals surface area contributed by atoms with E-state index < -0.39 is 45.9 Å². The summed E-state index contributed by atoms with van der Waals surface area (Å²) in [5.41, 5.74) is 77.1. The molecule has 0 radical (unpaired) electrons. The second kappa shape index (κ2) is 8.78. The van der Waals surface area contributed by atoms with Gasteiger partial charge in [-0.3, -0.25) is 0 Å². The lowest BCUT2D eigenvalue weighted by Crippen LogP contribution is -2.21. The van der Waals surface area contributed by atoms with Gasteiger partial charge < -0.3 is 89.7 Å². The van der Waals surface area contributed by atoms with Crippen LogP contribution >= 0.6 is 0 Å². The lowest BCUT2D eigenvalue weighted by atomic mass is 10.0. The van der Waals surface area contributed by atoms with E-state index in [1.54, 1.807) is 0 Å². The van der Waals surface area contributed by atoms with Crippen molar-refractivity contribution in [2.75, 3.05) is 80.3 Å². The van der Waals surface area contributed by atoms with Crippen molar-refractivity contribution in [3.8, 4) is 11.5 Å². The van der Waals surface area contributed by atoms with Crippen molar-refractivity contribution in [3.05, 3.63) is 11.1 Å². The van der Waals surface area contributed by atoms with Crippen LogP contribution in [-0.4, -0.2) is 11.9 Å². The molecule has 3 rings (SSSR count). The van der Waals surface area contributed by atoms with Crippen LogP contribution in [0.3, 0.4) is 0 Å². The van der Waals surface area contributed by atoms with E-state index in [9.17, 15) is 9.59 Å². The molecule has 0 unspecified atom stereocenters. The fraction of sp³-hybridized carbons (Fsp3) is 0. The van der Waals surface area contributed by atoms with Crippen LogP contribution in [0.1, 0.15) is 20.7 Å². The van der Waals surface area contributed by atoms with Crippen molar-refractivity contribution in [2.45, 2.75) is 0 Å². The molecule has 3 aromatic carbocycles. The van der Waals surface area contributed by atoms with E-state index in [1.807, 2.05) is 0 Å². The Kier molecular flexibility index (Phi) is 6.10. The number of nitrogens with two attached hydrogens (primary N) is 14. The van der Waals surface area contributed by atoms with Crippen LogP contribution in [0.5, 0.6) is 11.5 Å². The van der Waals surface area contributed by atoms with Crippen molar-refractivity contribution >= 4 is 91.6 Å². The van der Waals surface area contributed by atoms with Crippen molar-refractivity contribution in [2.24, 2.45) is 0 Å². The molecular weight excluding hydrogens is 500 g/mol. The molecule has 18 heteroatoms. The van der Waals surface area contributed by atoms with Crippen molar-refractivity contribution in [3.63, 3.8) is 0 Å². The van der Waals surface area contributed by atoms with E-state index in [-0.39, 0.29) is 68.2 Å². The Hall–Kier alpha value is -6.20. The Morgan fingerprint density at radius 3 is 0.737 bits per heavy atom. The highest BCUT2D eigenvalue weighted by molar-refractivity contribution is 6.13. The van der Waals surface area contributed by atoms with Gasteiger partial charge in [0, 0.05) is 0 Å². The Labute approximate surface area is 214 Å². The highest BCUT2D eigenvalue weighted by Gasteiger charge is 2.31. The number of benzene rings is 3. The highest BCUT2D eigenvalue weighted by atomic mass is 16.6. The molecule has 0 aliphatic heterocycles. The smallest absolute Gasteiger partial charge is 0.348 e. The van der Waals surface area contributed by atoms with E-state index >= 15 is 0 Å². The average molecular weight is 529 g/mol. The van der Waals surface area contributed by atoms with Crippen molar-refractivity contribution < 1.29 is 19.1 Å². The maximum Gasteiger partial charge on any atom is 0.348 e. The lowest BCUT2D eigenvalue weighted by molar-refractivity contribution is 0.0687. The molecule has 0 aliphatic carbocycles. The fourth-order valence-electron chi connectivity index (χ4n) is 3.41. The van der Waals surface area contributed by atoms with E-state index in [0.717, 1.165) is 0 Å². The predicted molar refractivity (Wildman–Crippen MR) is 151 cm³/mol. The highest BCUT2D eigenvalue weighted by Crippen LogP contribution is 2.49. The molecule has 28 N–H and O–H groups in total. The fourth-order valence-corrected chi connectivity index (χ4v) is 3.41. The van der Waals surface area contributed by atoms with Gasteiger partial charge in [0.2, 0.25) is 11.5 Å². The Bertz CT molecular complexity index is 1380. The molecule has 18 nitrogen and oxygen atoms in total. The van der Waals surface area contributed by atoms with Gasteiger partial charge in [0.25, 0.3) is 0 Å². The van der Waals surface area contributed by atoms with E-state index in [1.165, 1.54) is 0 Å². The second-order valence-electron chi connectivity index (χ2n) is 7.98. The third-order valence-electron chi connectivity index (χ3n) is 5.76. The van der Waals surface area contributed by atoms with E-state index in [4.69, 9.17) is 89.7 Å². The van der Waals surface area contributed by atoms with Crippen LogP contribution in [0.4, 0.5) is 79.6 Å². The first-order valence-corrected chi connectivity index (χ1v) is 10.3. The summed E-state index contributed by atoms with van der Waals surface area (Å²) in [5, 5.41) is 0. The zero-order valence-electron chi connectivity index (χ0n) is 19.7. The van der Waals surface area contributed by atoms with Crippen molar-refractivity contribution in [1.29, 1.82) is 0 Å². The van der Waals surface area contributed by atoms with Crippen LogP contribution < -0.4 is 89.7 Å². The normalized spacial score (nSPS) is 10.7. The number of esters is 2. The second-order valence-corrected chi connectivity index (χ2v) is 7.98. The standard InChI is InChI=1S/C20H28N14O4/c21-3-1(4(22)8(26)11(29)7(3)25)19(35)37-17-15(33)13(31)14(32)16(34)18(17)38-20(36)2-5(23)9(27)12(30)10(28)6(2)24/h21-34H2. The molecule has 0 aromatic heterocycles. The van der Waals surface area contributed by atoms with Gasteiger partial charge in [-0.2, -0.15) is 0 Å². The van der Waals surface area contributed by atoms with Gasteiger partial charge in [-0.1, -0.05) is 0 Å². The third kappa shape index (κ3) is 3.69. The maximum absolute atomic E-state index is 13.1. The molecule has 0 fully saturated rings. The van der Waals surface area contributed by atoms with Crippen LogP contribution in [0.25, 0.3) is 0 Å². The van der Waals surface area contributed by atoms with Crippen LogP contribution in [0.2, 0.25) is 0 Å². The Balaban J connectivity index is 2.19. The minimum atomic E-state index is -1.24. The number of nitrogen functional groups attached to an aromatic ring is 14. The summed E-state index contributed by atoms with van der Waals surface area (Å²) < 4.78 is 10.7. The number of hydrogen-bond acceptors (Lipinski definition) is 18. The van der Waals surface area contributed by atoms with Gasteiger partial charge in [-0.15, -0.1) is 0 Å². The Morgan fingerprint density at radius 2 is 0.500 bits per heavy atom. The minimum absolute atomic E-state index is 0.149. The largest absolute Gasteiger partial charge is 0.416 e. The zero-order chi connectivity index (χ0) is 29.0. The summed E-state index contributed by atoms with van der Waals surface area (Å²) >= 11 is 0. The summed E-state index contributed by atoms with van der Waals surface area (Å²) in [6, 6.07) is 0. The van der Waals surface area contributed by atoms with E-state index in [2.05, 4.69) is 0 Å². The van der Waals surface area contributed by atoms with Gasteiger partial charge in [0.05, 0.1) is 68.2 Å². The van der Waals surface area contributed by atoms with Gasteiger partial charge in [-0.05, 0) is 0 Å². The number of rotatable bonds is 4. The molecule has 0 saturated heterocycles. The molecular formula is C20H28N14O4. The lowest BCUT2D eigenvalue weighted by Gasteiger charge is -2.21. The van der Waals surface area contributed by atoms with Crippen LogP contribution in [0, 0.1) is 0 Å². The molecule has 0 spiro atoms. The number of anilines is 14. The molecule has 0 heterocycles.